The van der Waals surface area contributed by atoms with E-state index < -0.39 is 0 Å². The van der Waals surface area contributed by atoms with Crippen LogP contribution >= 0.6 is 0 Å². The zero-order valence-electron chi connectivity index (χ0n) is 13.7. The van der Waals surface area contributed by atoms with Crippen LogP contribution in [0.4, 0.5) is 0 Å². The Bertz CT molecular complexity index is 510. The first kappa shape index (κ1) is 16.0. The van der Waals surface area contributed by atoms with Crippen molar-refractivity contribution in [3.05, 3.63) is 34.9 Å². The van der Waals surface area contributed by atoms with E-state index >= 15 is 0 Å². The highest BCUT2D eigenvalue weighted by Crippen LogP contribution is 2.22. The first-order chi connectivity index (χ1) is 9.86. The highest BCUT2D eigenvalue weighted by molar-refractivity contribution is 5.78. The molecule has 116 valence electrons. The second-order valence-corrected chi connectivity index (χ2v) is 6.88. The van der Waals surface area contributed by atoms with Gasteiger partial charge in [-0.2, -0.15) is 0 Å². The van der Waals surface area contributed by atoms with Crippen LogP contribution in [0.3, 0.4) is 0 Å². The van der Waals surface area contributed by atoms with Gasteiger partial charge in [0.1, 0.15) is 0 Å². The predicted octanol–water partition coefficient (Wildman–Crippen LogP) is 2.68. The van der Waals surface area contributed by atoms with Crippen LogP contribution in [0.1, 0.15) is 37.0 Å². The summed E-state index contributed by atoms with van der Waals surface area (Å²) in [6, 6.07) is 6.77. The lowest BCUT2D eigenvalue weighted by Crippen LogP contribution is -2.51. The third-order valence-corrected chi connectivity index (χ3v) is 4.47. The van der Waals surface area contributed by atoms with Crippen molar-refractivity contribution in [2.75, 3.05) is 13.1 Å². The maximum Gasteiger partial charge on any atom is 0.225 e. The van der Waals surface area contributed by atoms with E-state index in [1.165, 1.54) is 16.7 Å². The van der Waals surface area contributed by atoms with Gasteiger partial charge >= 0.3 is 0 Å². The molecule has 1 aromatic rings. The minimum atomic E-state index is 0.0533. The van der Waals surface area contributed by atoms with E-state index in [1.54, 1.807) is 0 Å². The molecule has 0 spiro atoms. The minimum Gasteiger partial charge on any atom is -0.341 e. The fourth-order valence-corrected chi connectivity index (χ4v) is 3.20. The molecular formula is C18H28N2O. The lowest BCUT2D eigenvalue weighted by Gasteiger charge is -2.37. The first-order valence-corrected chi connectivity index (χ1v) is 7.97. The summed E-state index contributed by atoms with van der Waals surface area (Å²) in [5, 5.41) is 0. The number of carbonyl (C=O) groups is 1. The van der Waals surface area contributed by atoms with Crippen LogP contribution < -0.4 is 5.73 Å². The van der Waals surface area contributed by atoms with Gasteiger partial charge in [-0.1, -0.05) is 32.0 Å². The lowest BCUT2D eigenvalue weighted by molar-refractivity contribution is -0.136. The van der Waals surface area contributed by atoms with Gasteiger partial charge in [0.2, 0.25) is 5.91 Å². The molecule has 0 aliphatic carbocycles. The molecule has 2 N–H and O–H groups in total. The molecule has 0 aromatic heterocycles. The molecule has 2 unspecified atom stereocenters. The zero-order chi connectivity index (χ0) is 15.6. The Morgan fingerprint density at radius 1 is 1.29 bits per heavy atom. The summed E-state index contributed by atoms with van der Waals surface area (Å²) in [5.74, 6) is 0.756. The second kappa shape index (κ2) is 6.61. The van der Waals surface area contributed by atoms with E-state index in [2.05, 4.69) is 32.0 Å². The molecule has 21 heavy (non-hydrogen) atoms. The van der Waals surface area contributed by atoms with Crippen molar-refractivity contribution in [3.63, 3.8) is 0 Å². The number of likely N-dealkylation sites (tertiary alicyclic amines) is 1. The Labute approximate surface area is 128 Å². The van der Waals surface area contributed by atoms with E-state index in [9.17, 15) is 4.79 Å². The Morgan fingerprint density at radius 2 is 2.00 bits per heavy atom. The number of nitrogens with zero attached hydrogens (tertiary/aromatic N) is 1. The van der Waals surface area contributed by atoms with E-state index in [1.807, 2.05) is 18.7 Å². The average Bonchev–Trinajstić information content (AvgIpc) is 2.41. The number of carbonyl (C=O) groups excluding carboxylic acids is 1. The average molecular weight is 288 g/mol. The Balaban J connectivity index is 2.05. The maximum atomic E-state index is 12.2. The minimum absolute atomic E-state index is 0.0533. The van der Waals surface area contributed by atoms with Gasteiger partial charge < -0.3 is 10.6 Å². The molecule has 1 heterocycles. The molecule has 0 bridgehead atoms. The van der Waals surface area contributed by atoms with Crippen molar-refractivity contribution >= 4 is 5.91 Å². The van der Waals surface area contributed by atoms with Gasteiger partial charge in [-0.3, -0.25) is 4.79 Å². The molecule has 1 aliphatic rings. The number of benzene rings is 1. The zero-order valence-corrected chi connectivity index (χ0v) is 13.7. The van der Waals surface area contributed by atoms with Crippen LogP contribution in [0, 0.1) is 25.7 Å². The SMILES string of the molecule is Cc1ccc(CC2CC(N)CN(C(=O)C(C)C)C2)cc1C. The summed E-state index contributed by atoms with van der Waals surface area (Å²) in [7, 11) is 0. The standard InChI is InChI=1S/C18H28N2O/c1-12(2)18(21)20-10-16(9-17(19)11-20)8-15-6-5-13(3)14(4)7-15/h5-7,12,16-17H,8-11,19H2,1-4H3. The van der Waals surface area contributed by atoms with Crippen molar-refractivity contribution in [2.45, 2.75) is 46.6 Å². The fourth-order valence-electron chi connectivity index (χ4n) is 3.20. The van der Waals surface area contributed by atoms with Crippen molar-refractivity contribution in [1.29, 1.82) is 0 Å². The van der Waals surface area contributed by atoms with Crippen LogP contribution in [0.15, 0.2) is 18.2 Å². The maximum absolute atomic E-state index is 12.2. The van der Waals surface area contributed by atoms with Crippen molar-refractivity contribution in [1.82, 2.24) is 4.90 Å². The van der Waals surface area contributed by atoms with Gasteiger partial charge in [0.15, 0.2) is 0 Å². The molecule has 0 radical (unpaired) electrons. The molecular weight excluding hydrogens is 260 g/mol. The van der Waals surface area contributed by atoms with Crippen LogP contribution in [0.5, 0.6) is 0 Å². The van der Waals surface area contributed by atoms with Crippen molar-refractivity contribution < 1.29 is 4.79 Å². The van der Waals surface area contributed by atoms with Gasteiger partial charge in [0.05, 0.1) is 0 Å². The summed E-state index contributed by atoms with van der Waals surface area (Å²) in [6.07, 6.45) is 2.02. The quantitative estimate of drug-likeness (QED) is 0.929. The van der Waals surface area contributed by atoms with Gasteiger partial charge in [-0.25, -0.2) is 0 Å². The van der Waals surface area contributed by atoms with E-state index in [-0.39, 0.29) is 17.9 Å². The van der Waals surface area contributed by atoms with Gasteiger partial charge in [-0.15, -0.1) is 0 Å². The number of hydrogen-bond donors (Lipinski definition) is 1. The van der Waals surface area contributed by atoms with Gasteiger partial charge in [0, 0.05) is 25.0 Å². The topological polar surface area (TPSA) is 46.3 Å². The molecule has 1 amide bonds. The van der Waals surface area contributed by atoms with E-state index in [0.29, 0.717) is 12.5 Å². The third-order valence-electron chi connectivity index (χ3n) is 4.47. The number of nitrogens with two attached hydrogens (primary N) is 1. The molecule has 1 aliphatic heterocycles. The summed E-state index contributed by atoms with van der Waals surface area (Å²) < 4.78 is 0. The molecule has 3 nitrogen and oxygen atoms in total. The summed E-state index contributed by atoms with van der Waals surface area (Å²) in [4.78, 5) is 14.2. The first-order valence-electron chi connectivity index (χ1n) is 7.97. The molecule has 1 saturated heterocycles. The number of hydrogen-bond acceptors (Lipinski definition) is 2. The largest absolute Gasteiger partial charge is 0.341 e. The third kappa shape index (κ3) is 4.07. The summed E-state index contributed by atoms with van der Waals surface area (Å²) >= 11 is 0. The van der Waals surface area contributed by atoms with E-state index in [4.69, 9.17) is 5.73 Å². The van der Waals surface area contributed by atoms with Crippen LogP contribution in [-0.2, 0) is 11.2 Å². The summed E-state index contributed by atoms with van der Waals surface area (Å²) in [5.41, 5.74) is 10.2. The number of rotatable bonds is 3. The molecule has 1 fully saturated rings. The van der Waals surface area contributed by atoms with Crippen molar-refractivity contribution in [3.8, 4) is 0 Å². The highest BCUT2D eigenvalue weighted by atomic mass is 16.2. The highest BCUT2D eigenvalue weighted by Gasteiger charge is 2.29. The Morgan fingerprint density at radius 3 is 2.62 bits per heavy atom. The molecule has 3 heteroatoms. The van der Waals surface area contributed by atoms with Crippen LogP contribution in [0.2, 0.25) is 0 Å². The number of aryl methyl sites for hydroxylation is 2. The molecule has 1 aromatic carbocycles. The van der Waals surface area contributed by atoms with E-state index in [0.717, 1.165) is 19.4 Å². The molecule has 2 atom stereocenters. The Kier molecular flexibility index (Phi) is 5.04. The Hall–Kier alpha value is -1.35. The van der Waals surface area contributed by atoms with Crippen molar-refractivity contribution in [2.24, 2.45) is 17.6 Å². The monoisotopic (exact) mass is 288 g/mol. The van der Waals surface area contributed by atoms with Crippen LogP contribution in [-0.4, -0.2) is 29.9 Å². The molecule has 0 saturated carbocycles. The summed E-state index contributed by atoms with van der Waals surface area (Å²) in [6.45, 7) is 9.76. The predicted molar refractivity (Wildman–Crippen MR) is 87.1 cm³/mol. The lowest BCUT2D eigenvalue weighted by atomic mass is 9.88. The fraction of sp³-hybridized carbons (Fsp3) is 0.611. The van der Waals surface area contributed by atoms with Crippen LogP contribution in [0.25, 0.3) is 0 Å². The number of piperidine rings is 1. The van der Waals surface area contributed by atoms with Gasteiger partial charge in [-0.05, 0) is 49.3 Å². The molecule has 2 rings (SSSR count). The number of amides is 1. The second-order valence-electron chi connectivity index (χ2n) is 6.88. The van der Waals surface area contributed by atoms with Gasteiger partial charge in [0.25, 0.3) is 0 Å². The smallest absolute Gasteiger partial charge is 0.225 e. The normalized spacial score (nSPS) is 22.7.